The van der Waals surface area contributed by atoms with Gasteiger partial charge in [-0.1, -0.05) is 29.3 Å². The number of halogens is 2. The van der Waals surface area contributed by atoms with Crippen molar-refractivity contribution in [2.75, 3.05) is 13.7 Å². The van der Waals surface area contributed by atoms with Crippen LogP contribution in [0, 0.1) is 0 Å². The zero-order valence-electron chi connectivity index (χ0n) is 10.4. The molecule has 0 aliphatic heterocycles. The Bertz CT molecular complexity index is 480. The number of urea groups is 1. The summed E-state index contributed by atoms with van der Waals surface area (Å²) < 4.78 is 4.87. The minimum absolute atomic E-state index is 0.191. The van der Waals surface area contributed by atoms with Crippen molar-refractivity contribution in [3.8, 4) is 0 Å². The average molecular weight is 305 g/mol. The quantitative estimate of drug-likeness (QED) is 0.869. The first kappa shape index (κ1) is 15.6. The first-order chi connectivity index (χ1) is 8.91. The van der Waals surface area contributed by atoms with E-state index in [4.69, 9.17) is 33.7 Å². The molecule has 0 bridgehead atoms. The van der Waals surface area contributed by atoms with Crippen LogP contribution in [0.25, 0.3) is 0 Å². The Morgan fingerprint density at radius 2 is 2.00 bits per heavy atom. The van der Waals surface area contributed by atoms with Crippen molar-refractivity contribution < 1.29 is 14.3 Å². The number of imide groups is 1. The Morgan fingerprint density at radius 3 is 2.58 bits per heavy atom. The van der Waals surface area contributed by atoms with Crippen molar-refractivity contribution >= 4 is 35.3 Å². The SMILES string of the molecule is CN(C(N)=O)C(=O)OCCCc1ccc(Cl)c(Cl)c1. The molecule has 0 heterocycles. The first-order valence-corrected chi connectivity index (χ1v) is 6.31. The molecule has 0 aliphatic rings. The van der Waals surface area contributed by atoms with Crippen molar-refractivity contribution in [1.82, 2.24) is 4.90 Å². The number of aryl methyl sites for hydroxylation is 1. The fraction of sp³-hybridized carbons (Fsp3) is 0.333. The fourth-order valence-electron chi connectivity index (χ4n) is 1.32. The summed E-state index contributed by atoms with van der Waals surface area (Å²) in [5, 5.41) is 0.990. The maximum absolute atomic E-state index is 11.3. The van der Waals surface area contributed by atoms with Crippen LogP contribution in [0.1, 0.15) is 12.0 Å². The summed E-state index contributed by atoms with van der Waals surface area (Å²) in [7, 11) is 1.25. The van der Waals surface area contributed by atoms with Crippen LogP contribution in [-0.2, 0) is 11.2 Å². The first-order valence-electron chi connectivity index (χ1n) is 5.55. The lowest BCUT2D eigenvalue weighted by Gasteiger charge is -2.12. The molecule has 1 rings (SSSR count). The highest BCUT2D eigenvalue weighted by atomic mass is 35.5. The molecule has 104 valence electrons. The molecule has 0 aliphatic carbocycles. The third kappa shape index (κ3) is 4.96. The summed E-state index contributed by atoms with van der Waals surface area (Å²) in [4.78, 5) is 22.7. The summed E-state index contributed by atoms with van der Waals surface area (Å²) >= 11 is 11.7. The smallest absolute Gasteiger partial charge is 0.417 e. The fourth-order valence-corrected chi connectivity index (χ4v) is 1.64. The number of carbonyl (C=O) groups is 2. The molecule has 0 saturated carbocycles. The molecule has 3 amide bonds. The lowest BCUT2D eigenvalue weighted by molar-refractivity contribution is 0.117. The Labute approximate surface area is 121 Å². The molecular formula is C12H14Cl2N2O3. The molecule has 19 heavy (non-hydrogen) atoms. The van der Waals surface area contributed by atoms with E-state index in [1.807, 2.05) is 6.07 Å². The second-order valence-electron chi connectivity index (χ2n) is 3.86. The molecule has 7 heteroatoms. The van der Waals surface area contributed by atoms with E-state index in [1.165, 1.54) is 7.05 Å². The van der Waals surface area contributed by atoms with E-state index in [-0.39, 0.29) is 6.61 Å². The molecule has 0 atom stereocenters. The maximum atomic E-state index is 11.3. The van der Waals surface area contributed by atoms with Gasteiger partial charge in [-0.3, -0.25) is 0 Å². The number of carbonyl (C=O) groups excluding carboxylic acids is 2. The number of nitrogens with zero attached hydrogens (tertiary/aromatic N) is 1. The van der Waals surface area contributed by atoms with Crippen LogP contribution in [0.15, 0.2) is 18.2 Å². The molecule has 1 aromatic rings. The van der Waals surface area contributed by atoms with Crippen LogP contribution >= 0.6 is 23.2 Å². The number of primary amides is 1. The molecule has 0 saturated heterocycles. The number of nitrogens with two attached hydrogens (primary N) is 1. The molecular weight excluding hydrogens is 291 g/mol. The number of hydrogen-bond donors (Lipinski definition) is 1. The highest BCUT2D eigenvalue weighted by Crippen LogP contribution is 2.23. The highest BCUT2D eigenvalue weighted by molar-refractivity contribution is 6.42. The van der Waals surface area contributed by atoms with E-state index in [0.717, 1.165) is 5.56 Å². The van der Waals surface area contributed by atoms with Crippen molar-refractivity contribution in [3.05, 3.63) is 33.8 Å². The van der Waals surface area contributed by atoms with Gasteiger partial charge >= 0.3 is 12.1 Å². The monoisotopic (exact) mass is 304 g/mol. The molecule has 5 nitrogen and oxygen atoms in total. The summed E-state index contributed by atoms with van der Waals surface area (Å²) in [6.45, 7) is 0.191. The van der Waals surface area contributed by atoms with Gasteiger partial charge in [0.15, 0.2) is 0 Å². The summed E-state index contributed by atoms with van der Waals surface area (Å²) in [5.74, 6) is 0. The van der Waals surface area contributed by atoms with Gasteiger partial charge in [0.2, 0.25) is 0 Å². The summed E-state index contributed by atoms with van der Waals surface area (Å²) in [6, 6.07) is 4.48. The topological polar surface area (TPSA) is 72.6 Å². The van der Waals surface area contributed by atoms with Gasteiger partial charge in [0.25, 0.3) is 0 Å². The predicted octanol–water partition coefficient (Wildman–Crippen LogP) is 3.07. The van der Waals surface area contributed by atoms with E-state index in [2.05, 4.69) is 0 Å². The molecule has 0 spiro atoms. The molecule has 0 unspecified atom stereocenters. The van der Waals surface area contributed by atoms with E-state index in [0.29, 0.717) is 27.8 Å². The molecule has 2 N–H and O–H groups in total. The van der Waals surface area contributed by atoms with E-state index in [9.17, 15) is 9.59 Å². The third-order valence-electron chi connectivity index (χ3n) is 2.42. The number of benzene rings is 1. The zero-order valence-corrected chi connectivity index (χ0v) is 11.9. The van der Waals surface area contributed by atoms with Gasteiger partial charge in [-0.2, -0.15) is 0 Å². The van der Waals surface area contributed by atoms with Gasteiger partial charge in [-0.15, -0.1) is 0 Å². The van der Waals surface area contributed by atoms with Gasteiger partial charge in [-0.05, 0) is 30.5 Å². The zero-order chi connectivity index (χ0) is 14.4. The van der Waals surface area contributed by atoms with E-state index >= 15 is 0 Å². The summed E-state index contributed by atoms with van der Waals surface area (Å²) in [6.07, 6.45) is 0.530. The lowest BCUT2D eigenvalue weighted by atomic mass is 10.1. The lowest BCUT2D eigenvalue weighted by Crippen LogP contribution is -2.37. The van der Waals surface area contributed by atoms with Crippen molar-refractivity contribution in [2.24, 2.45) is 5.73 Å². The standard InChI is InChI=1S/C12H14Cl2N2O3/c1-16(11(15)17)12(18)19-6-2-3-8-4-5-9(13)10(14)7-8/h4-5,7H,2-3,6H2,1H3,(H2,15,17). The van der Waals surface area contributed by atoms with E-state index < -0.39 is 12.1 Å². The molecule has 0 aromatic heterocycles. The van der Waals surface area contributed by atoms with Crippen molar-refractivity contribution in [2.45, 2.75) is 12.8 Å². The molecule has 1 aromatic carbocycles. The van der Waals surface area contributed by atoms with Crippen LogP contribution in [-0.4, -0.2) is 30.7 Å². The Morgan fingerprint density at radius 1 is 1.32 bits per heavy atom. The van der Waals surface area contributed by atoms with Crippen LogP contribution in [0.3, 0.4) is 0 Å². The van der Waals surface area contributed by atoms with Gasteiger partial charge in [0.1, 0.15) is 0 Å². The van der Waals surface area contributed by atoms with Gasteiger partial charge in [0.05, 0.1) is 16.7 Å². The predicted molar refractivity (Wildman–Crippen MR) is 73.5 cm³/mol. The number of hydrogen-bond acceptors (Lipinski definition) is 3. The maximum Gasteiger partial charge on any atom is 0.417 e. The molecule has 0 fully saturated rings. The Kier molecular flexibility index (Phi) is 5.92. The van der Waals surface area contributed by atoms with Crippen molar-refractivity contribution in [1.29, 1.82) is 0 Å². The minimum Gasteiger partial charge on any atom is -0.449 e. The number of ether oxygens (including phenoxy) is 1. The number of rotatable bonds is 4. The van der Waals surface area contributed by atoms with Gasteiger partial charge in [0, 0.05) is 7.05 Å². The highest BCUT2D eigenvalue weighted by Gasteiger charge is 2.14. The van der Waals surface area contributed by atoms with Crippen molar-refractivity contribution in [3.63, 3.8) is 0 Å². The normalized spacial score (nSPS) is 10.1. The minimum atomic E-state index is -0.852. The van der Waals surface area contributed by atoms with E-state index in [1.54, 1.807) is 12.1 Å². The van der Waals surface area contributed by atoms with Crippen LogP contribution in [0.2, 0.25) is 10.0 Å². The van der Waals surface area contributed by atoms with Crippen LogP contribution < -0.4 is 5.73 Å². The second-order valence-corrected chi connectivity index (χ2v) is 4.68. The Hall–Kier alpha value is -1.46. The van der Waals surface area contributed by atoms with Gasteiger partial charge < -0.3 is 10.5 Å². The Balaban J connectivity index is 2.33. The largest absolute Gasteiger partial charge is 0.449 e. The van der Waals surface area contributed by atoms with Crippen LogP contribution in [0.4, 0.5) is 9.59 Å². The average Bonchev–Trinajstić information content (AvgIpc) is 2.37. The van der Waals surface area contributed by atoms with Gasteiger partial charge in [-0.25, -0.2) is 14.5 Å². The number of amides is 3. The summed E-state index contributed by atoms with van der Waals surface area (Å²) in [5.41, 5.74) is 5.92. The second kappa shape index (κ2) is 7.21. The van der Waals surface area contributed by atoms with Crippen LogP contribution in [0.5, 0.6) is 0 Å². The molecule has 0 radical (unpaired) electrons. The third-order valence-corrected chi connectivity index (χ3v) is 3.16.